The molecule has 0 saturated heterocycles. The van der Waals surface area contributed by atoms with Gasteiger partial charge in [-0.25, -0.2) is 0 Å². The predicted molar refractivity (Wildman–Crippen MR) is 114 cm³/mol. The molecular formula is C24H21O2P. The van der Waals surface area contributed by atoms with Crippen LogP contribution in [0.3, 0.4) is 0 Å². The van der Waals surface area contributed by atoms with Crippen LogP contribution in [0.4, 0.5) is 0 Å². The van der Waals surface area contributed by atoms with Crippen molar-refractivity contribution in [2.24, 2.45) is 0 Å². The van der Waals surface area contributed by atoms with Crippen LogP contribution in [-0.2, 0) is 4.57 Å². The number of hydrogen-bond donors (Lipinski definition) is 1. The number of fused-ring (bicyclic) bond motifs is 1. The molecule has 0 amide bonds. The minimum Gasteiger partial charge on any atom is -0.508 e. The molecule has 4 aromatic rings. The quantitative estimate of drug-likeness (QED) is 0.449. The molecule has 2 unspecified atom stereocenters. The molecule has 0 spiro atoms. The van der Waals surface area contributed by atoms with Crippen LogP contribution in [-0.4, -0.2) is 11.8 Å². The summed E-state index contributed by atoms with van der Waals surface area (Å²) in [4.78, 5) is 0. The summed E-state index contributed by atoms with van der Waals surface area (Å²) in [6.45, 7) is 1.81. The number of phenols is 1. The molecule has 27 heavy (non-hydrogen) atoms. The second-order valence-corrected chi connectivity index (χ2v) is 9.91. The summed E-state index contributed by atoms with van der Waals surface area (Å²) in [5.74, 6) is 0.175. The summed E-state index contributed by atoms with van der Waals surface area (Å²) < 4.78 is 14.1. The molecule has 2 nitrogen and oxygen atoms in total. The SMILES string of the molecule is CP(=O)(c1ccccc1)C(c1ccc2ccccc2c1)c1ccccc1O. The van der Waals surface area contributed by atoms with E-state index in [2.05, 4.69) is 24.3 Å². The van der Waals surface area contributed by atoms with E-state index in [9.17, 15) is 9.67 Å². The Kier molecular flexibility index (Phi) is 4.59. The fraction of sp³-hybridized carbons (Fsp3) is 0.0833. The molecule has 1 N–H and O–H groups in total. The second-order valence-electron chi connectivity index (χ2n) is 6.89. The Morgan fingerprint density at radius 2 is 1.37 bits per heavy atom. The fourth-order valence-electron chi connectivity index (χ4n) is 3.70. The van der Waals surface area contributed by atoms with Crippen molar-refractivity contribution in [1.82, 2.24) is 0 Å². The zero-order chi connectivity index (χ0) is 18.9. The second kappa shape index (κ2) is 7.06. The van der Waals surface area contributed by atoms with E-state index < -0.39 is 12.8 Å². The van der Waals surface area contributed by atoms with Gasteiger partial charge in [-0.15, -0.1) is 0 Å². The Balaban J connectivity index is 1.96. The minimum atomic E-state index is -2.86. The van der Waals surface area contributed by atoms with Crippen LogP contribution in [0.25, 0.3) is 10.8 Å². The molecule has 4 aromatic carbocycles. The monoisotopic (exact) mass is 372 g/mol. The Morgan fingerprint density at radius 3 is 2.11 bits per heavy atom. The van der Waals surface area contributed by atoms with Crippen molar-refractivity contribution in [3.05, 3.63) is 108 Å². The molecule has 0 bridgehead atoms. The van der Waals surface area contributed by atoms with Gasteiger partial charge in [-0.1, -0.05) is 91.0 Å². The van der Waals surface area contributed by atoms with Crippen LogP contribution in [0, 0.1) is 0 Å². The Morgan fingerprint density at radius 1 is 0.741 bits per heavy atom. The molecule has 0 heterocycles. The standard InChI is InChI=1S/C24H21O2P/c1-27(26,21-11-3-2-4-12-21)24(22-13-7-8-14-23(22)25)20-16-15-18-9-5-6-10-19(18)17-20/h2-17,24-25H,1H3. The normalized spacial score (nSPS) is 14.6. The van der Waals surface area contributed by atoms with Crippen molar-refractivity contribution in [1.29, 1.82) is 0 Å². The van der Waals surface area contributed by atoms with Crippen LogP contribution in [0.1, 0.15) is 16.8 Å². The van der Waals surface area contributed by atoms with Gasteiger partial charge in [0.1, 0.15) is 12.9 Å². The third-order valence-electron chi connectivity index (χ3n) is 5.08. The van der Waals surface area contributed by atoms with Gasteiger partial charge in [0.05, 0.1) is 5.66 Å². The van der Waals surface area contributed by atoms with Crippen molar-refractivity contribution < 1.29 is 9.67 Å². The Labute approximate surface area is 159 Å². The average molecular weight is 372 g/mol. The molecule has 0 saturated carbocycles. The Bertz CT molecular complexity index is 1140. The average Bonchev–Trinajstić information content (AvgIpc) is 2.70. The van der Waals surface area contributed by atoms with Crippen molar-refractivity contribution in [2.45, 2.75) is 5.66 Å². The summed E-state index contributed by atoms with van der Waals surface area (Å²) >= 11 is 0. The van der Waals surface area contributed by atoms with Gasteiger partial charge in [-0.3, -0.25) is 0 Å². The smallest absolute Gasteiger partial charge is 0.124 e. The third-order valence-corrected chi connectivity index (χ3v) is 7.97. The first-order chi connectivity index (χ1) is 13.1. The van der Waals surface area contributed by atoms with Gasteiger partial charge in [-0.05, 0) is 29.1 Å². The van der Waals surface area contributed by atoms with Gasteiger partial charge in [0.15, 0.2) is 0 Å². The van der Waals surface area contributed by atoms with E-state index in [1.807, 2.05) is 67.3 Å². The summed E-state index contributed by atoms with van der Waals surface area (Å²) in [6.07, 6.45) is 0. The summed E-state index contributed by atoms with van der Waals surface area (Å²) in [6, 6.07) is 31.1. The molecule has 4 rings (SSSR count). The number of benzene rings is 4. The highest BCUT2D eigenvalue weighted by Gasteiger charge is 2.34. The summed E-state index contributed by atoms with van der Waals surface area (Å²) in [7, 11) is -2.86. The fourth-order valence-corrected chi connectivity index (χ4v) is 6.24. The topological polar surface area (TPSA) is 37.3 Å². The highest BCUT2D eigenvalue weighted by atomic mass is 31.2. The number of hydrogen-bond acceptors (Lipinski definition) is 2. The third kappa shape index (κ3) is 3.29. The molecule has 3 heteroatoms. The first-order valence-corrected chi connectivity index (χ1v) is 11.2. The van der Waals surface area contributed by atoms with Gasteiger partial charge in [0.25, 0.3) is 0 Å². The van der Waals surface area contributed by atoms with E-state index >= 15 is 0 Å². The van der Waals surface area contributed by atoms with Crippen molar-refractivity contribution in [2.75, 3.05) is 6.66 Å². The van der Waals surface area contributed by atoms with Gasteiger partial charge in [0.2, 0.25) is 0 Å². The first-order valence-electron chi connectivity index (χ1n) is 8.97. The van der Waals surface area contributed by atoms with Crippen molar-refractivity contribution >= 4 is 23.2 Å². The maximum Gasteiger partial charge on any atom is 0.124 e. The number of para-hydroxylation sites is 1. The molecule has 0 fully saturated rings. The molecule has 0 aliphatic rings. The number of aromatic hydroxyl groups is 1. The van der Waals surface area contributed by atoms with Crippen LogP contribution in [0.2, 0.25) is 0 Å². The van der Waals surface area contributed by atoms with Gasteiger partial charge >= 0.3 is 0 Å². The zero-order valence-electron chi connectivity index (χ0n) is 15.1. The molecule has 0 aliphatic carbocycles. The first kappa shape index (κ1) is 17.6. The van der Waals surface area contributed by atoms with Crippen LogP contribution in [0.5, 0.6) is 5.75 Å². The minimum absolute atomic E-state index is 0.175. The van der Waals surface area contributed by atoms with Crippen molar-refractivity contribution in [3.63, 3.8) is 0 Å². The van der Waals surface area contributed by atoms with E-state index in [4.69, 9.17) is 0 Å². The van der Waals surface area contributed by atoms with E-state index in [0.717, 1.165) is 21.6 Å². The lowest BCUT2D eigenvalue weighted by Gasteiger charge is -2.27. The highest BCUT2D eigenvalue weighted by Crippen LogP contribution is 2.59. The highest BCUT2D eigenvalue weighted by molar-refractivity contribution is 7.71. The maximum absolute atomic E-state index is 14.1. The molecule has 0 aromatic heterocycles. The molecule has 0 radical (unpaired) electrons. The van der Waals surface area contributed by atoms with E-state index in [-0.39, 0.29) is 5.75 Å². The van der Waals surface area contributed by atoms with Crippen LogP contribution < -0.4 is 5.30 Å². The van der Waals surface area contributed by atoms with Gasteiger partial charge < -0.3 is 9.67 Å². The molecular weight excluding hydrogens is 351 g/mol. The van der Waals surface area contributed by atoms with Gasteiger partial charge in [-0.2, -0.15) is 0 Å². The molecule has 134 valence electrons. The largest absolute Gasteiger partial charge is 0.508 e. The molecule has 0 aliphatic heterocycles. The lowest BCUT2D eigenvalue weighted by atomic mass is 10.00. The van der Waals surface area contributed by atoms with E-state index in [1.54, 1.807) is 12.1 Å². The summed E-state index contributed by atoms with van der Waals surface area (Å²) in [5.41, 5.74) is 1.23. The van der Waals surface area contributed by atoms with E-state index in [0.29, 0.717) is 5.56 Å². The lowest BCUT2D eigenvalue weighted by Crippen LogP contribution is -2.12. The van der Waals surface area contributed by atoms with Gasteiger partial charge in [0, 0.05) is 10.9 Å². The van der Waals surface area contributed by atoms with Crippen LogP contribution in [0.15, 0.2) is 97.1 Å². The lowest BCUT2D eigenvalue weighted by molar-refractivity contribution is 0.468. The predicted octanol–water partition coefficient (Wildman–Crippen LogP) is 5.95. The number of phenolic OH excluding ortho intramolecular Hbond substituents is 1. The summed E-state index contributed by atoms with van der Waals surface area (Å²) in [5, 5.41) is 13.6. The zero-order valence-corrected chi connectivity index (χ0v) is 16.0. The number of rotatable bonds is 4. The van der Waals surface area contributed by atoms with E-state index in [1.165, 1.54) is 0 Å². The maximum atomic E-state index is 14.1. The van der Waals surface area contributed by atoms with Crippen molar-refractivity contribution in [3.8, 4) is 5.75 Å². The molecule has 2 atom stereocenters. The Hall–Kier alpha value is -2.83. The van der Waals surface area contributed by atoms with Crippen LogP contribution >= 0.6 is 7.14 Å².